The molecule has 1 aliphatic rings. The SMILES string of the molecule is CN(CCC(C)(C)N)CC1CCCC1. The average molecular weight is 198 g/mol. The van der Waals surface area contributed by atoms with Gasteiger partial charge in [0.1, 0.15) is 0 Å². The van der Waals surface area contributed by atoms with E-state index < -0.39 is 0 Å². The Morgan fingerprint density at radius 3 is 2.36 bits per heavy atom. The average Bonchev–Trinajstić information content (AvgIpc) is 2.52. The molecule has 2 heteroatoms. The molecule has 0 spiro atoms. The summed E-state index contributed by atoms with van der Waals surface area (Å²) in [4.78, 5) is 2.45. The van der Waals surface area contributed by atoms with Crippen molar-refractivity contribution in [3.63, 3.8) is 0 Å². The molecule has 0 heterocycles. The summed E-state index contributed by atoms with van der Waals surface area (Å²) >= 11 is 0. The van der Waals surface area contributed by atoms with Crippen LogP contribution in [0.5, 0.6) is 0 Å². The molecule has 0 radical (unpaired) electrons. The molecule has 1 fully saturated rings. The van der Waals surface area contributed by atoms with Crippen molar-refractivity contribution in [2.24, 2.45) is 11.7 Å². The van der Waals surface area contributed by atoms with Crippen LogP contribution < -0.4 is 5.73 Å². The Bertz CT molecular complexity index is 154. The first-order valence-corrected chi connectivity index (χ1v) is 5.95. The molecular formula is C12H26N2. The molecule has 0 unspecified atom stereocenters. The summed E-state index contributed by atoms with van der Waals surface area (Å²) in [5, 5.41) is 0. The standard InChI is InChI=1S/C12H26N2/c1-12(2,13)8-9-14(3)10-11-6-4-5-7-11/h11H,4-10,13H2,1-3H3. The zero-order chi connectivity index (χ0) is 10.6. The van der Waals surface area contributed by atoms with Gasteiger partial charge in [-0.1, -0.05) is 12.8 Å². The van der Waals surface area contributed by atoms with Gasteiger partial charge in [0.25, 0.3) is 0 Å². The summed E-state index contributed by atoms with van der Waals surface area (Å²) < 4.78 is 0. The Hall–Kier alpha value is -0.0800. The minimum atomic E-state index is -0.00998. The van der Waals surface area contributed by atoms with E-state index in [1.807, 2.05) is 0 Å². The van der Waals surface area contributed by atoms with Crippen molar-refractivity contribution in [2.75, 3.05) is 20.1 Å². The third-order valence-electron chi connectivity index (χ3n) is 3.18. The highest BCUT2D eigenvalue weighted by molar-refractivity contribution is 4.75. The molecule has 0 aliphatic heterocycles. The van der Waals surface area contributed by atoms with Crippen LogP contribution in [-0.2, 0) is 0 Å². The molecule has 0 atom stereocenters. The van der Waals surface area contributed by atoms with Crippen molar-refractivity contribution < 1.29 is 0 Å². The van der Waals surface area contributed by atoms with Gasteiger partial charge in [0, 0.05) is 12.1 Å². The molecule has 1 saturated carbocycles. The lowest BCUT2D eigenvalue weighted by Gasteiger charge is -2.25. The molecule has 0 aromatic carbocycles. The van der Waals surface area contributed by atoms with Crippen molar-refractivity contribution in [1.82, 2.24) is 4.90 Å². The number of rotatable bonds is 5. The van der Waals surface area contributed by atoms with Crippen LogP contribution >= 0.6 is 0 Å². The van der Waals surface area contributed by atoms with Gasteiger partial charge in [0.2, 0.25) is 0 Å². The molecule has 1 aliphatic carbocycles. The second kappa shape index (κ2) is 5.13. The maximum absolute atomic E-state index is 5.97. The third-order valence-corrected chi connectivity index (χ3v) is 3.18. The Morgan fingerprint density at radius 1 is 1.29 bits per heavy atom. The van der Waals surface area contributed by atoms with Crippen LogP contribution in [0.2, 0.25) is 0 Å². The van der Waals surface area contributed by atoms with Crippen molar-refractivity contribution in [2.45, 2.75) is 51.5 Å². The first-order chi connectivity index (χ1) is 6.47. The van der Waals surface area contributed by atoms with Gasteiger partial charge >= 0.3 is 0 Å². The smallest absolute Gasteiger partial charge is 0.0109 e. The molecule has 0 aromatic heterocycles. The van der Waals surface area contributed by atoms with Crippen molar-refractivity contribution in [1.29, 1.82) is 0 Å². The Labute approximate surface area is 88.8 Å². The van der Waals surface area contributed by atoms with Crippen molar-refractivity contribution in [3.8, 4) is 0 Å². The third kappa shape index (κ3) is 4.97. The topological polar surface area (TPSA) is 29.3 Å². The number of hydrogen-bond acceptors (Lipinski definition) is 2. The molecular weight excluding hydrogens is 172 g/mol. The second-order valence-electron chi connectivity index (χ2n) is 5.65. The molecule has 1 rings (SSSR count). The van der Waals surface area contributed by atoms with Gasteiger partial charge in [-0.25, -0.2) is 0 Å². The van der Waals surface area contributed by atoms with Crippen molar-refractivity contribution >= 4 is 0 Å². The van der Waals surface area contributed by atoms with E-state index in [9.17, 15) is 0 Å². The van der Waals surface area contributed by atoms with Gasteiger partial charge in [-0.2, -0.15) is 0 Å². The molecule has 0 bridgehead atoms. The van der Waals surface area contributed by atoms with Gasteiger partial charge in [-0.3, -0.25) is 0 Å². The van der Waals surface area contributed by atoms with Crippen LogP contribution in [0.4, 0.5) is 0 Å². The first-order valence-electron chi connectivity index (χ1n) is 5.95. The first kappa shape index (κ1) is 12.0. The van der Waals surface area contributed by atoms with Crippen LogP contribution in [-0.4, -0.2) is 30.6 Å². The van der Waals surface area contributed by atoms with Gasteiger partial charge in [0.15, 0.2) is 0 Å². The normalized spacial score (nSPS) is 19.5. The minimum absolute atomic E-state index is 0.00998. The lowest BCUT2D eigenvalue weighted by molar-refractivity contribution is 0.255. The van der Waals surface area contributed by atoms with Crippen LogP contribution in [0.3, 0.4) is 0 Å². The molecule has 2 nitrogen and oxygen atoms in total. The largest absolute Gasteiger partial charge is 0.326 e. The van der Waals surface area contributed by atoms with E-state index in [0.29, 0.717) is 0 Å². The Balaban J connectivity index is 2.12. The quantitative estimate of drug-likeness (QED) is 0.734. The van der Waals surface area contributed by atoms with Gasteiger partial charge in [-0.05, 0) is 52.6 Å². The minimum Gasteiger partial charge on any atom is -0.326 e. The lowest BCUT2D eigenvalue weighted by atomic mass is 10.0. The summed E-state index contributed by atoms with van der Waals surface area (Å²) in [6, 6.07) is 0. The second-order valence-corrected chi connectivity index (χ2v) is 5.65. The zero-order valence-electron chi connectivity index (χ0n) is 10.1. The number of hydrogen-bond donors (Lipinski definition) is 1. The van der Waals surface area contributed by atoms with E-state index in [4.69, 9.17) is 5.73 Å². The van der Waals surface area contributed by atoms with E-state index in [-0.39, 0.29) is 5.54 Å². The van der Waals surface area contributed by atoms with E-state index >= 15 is 0 Å². The van der Waals surface area contributed by atoms with Crippen LogP contribution in [0.1, 0.15) is 46.0 Å². The van der Waals surface area contributed by atoms with E-state index in [0.717, 1.165) is 18.9 Å². The van der Waals surface area contributed by atoms with E-state index in [2.05, 4.69) is 25.8 Å². The Kier molecular flexibility index (Phi) is 4.39. The maximum Gasteiger partial charge on any atom is 0.0109 e. The van der Waals surface area contributed by atoms with Gasteiger partial charge in [0.05, 0.1) is 0 Å². The summed E-state index contributed by atoms with van der Waals surface area (Å²) in [5.41, 5.74) is 5.96. The number of nitrogens with two attached hydrogens (primary N) is 1. The molecule has 0 aromatic rings. The van der Waals surface area contributed by atoms with Crippen LogP contribution in [0.25, 0.3) is 0 Å². The molecule has 0 saturated heterocycles. The highest BCUT2D eigenvalue weighted by Gasteiger charge is 2.18. The predicted octanol–water partition coefficient (Wildman–Crippen LogP) is 2.24. The van der Waals surface area contributed by atoms with E-state index in [1.54, 1.807) is 0 Å². The van der Waals surface area contributed by atoms with Crippen molar-refractivity contribution in [3.05, 3.63) is 0 Å². The molecule has 2 N–H and O–H groups in total. The number of nitrogens with zero attached hydrogens (tertiary/aromatic N) is 1. The molecule has 14 heavy (non-hydrogen) atoms. The van der Waals surface area contributed by atoms with Gasteiger partial charge < -0.3 is 10.6 Å². The molecule has 0 amide bonds. The van der Waals surface area contributed by atoms with Crippen LogP contribution in [0, 0.1) is 5.92 Å². The molecule has 84 valence electrons. The van der Waals surface area contributed by atoms with E-state index in [1.165, 1.54) is 32.2 Å². The highest BCUT2D eigenvalue weighted by Crippen LogP contribution is 2.25. The maximum atomic E-state index is 5.97. The summed E-state index contributed by atoms with van der Waals surface area (Å²) in [6.45, 7) is 6.63. The predicted molar refractivity (Wildman–Crippen MR) is 62.3 cm³/mol. The Morgan fingerprint density at radius 2 is 1.86 bits per heavy atom. The summed E-state index contributed by atoms with van der Waals surface area (Å²) in [5.74, 6) is 0.959. The fourth-order valence-corrected chi connectivity index (χ4v) is 2.20. The fourth-order valence-electron chi connectivity index (χ4n) is 2.20. The van der Waals surface area contributed by atoms with Gasteiger partial charge in [-0.15, -0.1) is 0 Å². The monoisotopic (exact) mass is 198 g/mol. The highest BCUT2D eigenvalue weighted by atomic mass is 15.1. The summed E-state index contributed by atoms with van der Waals surface area (Å²) in [6.07, 6.45) is 6.87. The lowest BCUT2D eigenvalue weighted by Crippen LogP contribution is -2.37. The fraction of sp³-hybridized carbons (Fsp3) is 1.00. The summed E-state index contributed by atoms with van der Waals surface area (Å²) in [7, 11) is 2.23. The zero-order valence-corrected chi connectivity index (χ0v) is 10.1. The van der Waals surface area contributed by atoms with Crippen LogP contribution in [0.15, 0.2) is 0 Å².